The highest BCUT2D eigenvalue weighted by atomic mass is 31.2. The number of rotatable bonds is 71. The van der Waals surface area contributed by atoms with Crippen molar-refractivity contribution in [2.45, 2.75) is 386 Å². The quantitative estimate of drug-likeness (QED) is 0.0222. The minimum absolute atomic E-state index is 0.106. The molecule has 0 aromatic heterocycles. The molecule has 89 heavy (non-hydrogen) atoms. The van der Waals surface area contributed by atoms with Crippen molar-refractivity contribution in [3.63, 3.8) is 0 Å². The molecule has 5 atom stereocenters. The first-order valence-electron chi connectivity index (χ1n) is 36.8. The van der Waals surface area contributed by atoms with Crippen LogP contribution in [0.2, 0.25) is 0 Å². The smallest absolute Gasteiger partial charge is 0.462 e. The average molecular weight is 1310 g/mol. The molecule has 0 aromatic rings. The van der Waals surface area contributed by atoms with Gasteiger partial charge in [0, 0.05) is 25.7 Å². The van der Waals surface area contributed by atoms with E-state index in [1.165, 1.54) is 186 Å². The topological polar surface area (TPSA) is 237 Å². The fourth-order valence-electron chi connectivity index (χ4n) is 10.7. The lowest BCUT2D eigenvalue weighted by atomic mass is 10.0. The molecule has 0 spiro atoms. The van der Waals surface area contributed by atoms with Crippen molar-refractivity contribution in [3.8, 4) is 0 Å². The zero-order chi connectivity index (χ0) is 65.4. The van der Waals surface area contributed by atoms with Crippen LogP contribution in [0.15, 0.2) is 0 Å². The van der Waals surface area contributed by atoms with Crippen LogP contribution < -0.4 is 0 Å². The second-order valence-corrected chi connectivity index (χ2v) is 28.2. The van der Waals surface area contributed by atoms with E-state index in [0.717, 1.165) is 103 Å². The van der Waals surface area contributed by atoms with E-state index in [-0.39, 0.29) is 25.7 Å². The zero-order valence-electron chi connectivity index (χ0n) is 57.4. The summed E-state index contributed by atoms with van der Waals surface area (Å²) in [5, 5.41) is 10.6. The first-order chi connectivity index (χ1) is 43.2. The van der Waals surface area contributed by atoms with E-state index in [0.29, 0.717) is 25.7 Å². The van der Waals surface area contributed by atoms with E-state index in [2.05, 4.69) is 27.7 Å². The number of phosphoric acid groups is 2. The summed E-state index contributed by atoms with van der Waals surface area (Å²) in [5.74, 6) is -2.13. The molecule has 0 aliphatic carbocycles. The summed E-state index contributed by atoms with van der Waals surface area (Å²) in [6.07, 6.45) is 53.0. The summed E-state index contributed by atoms with van der Waals surface area (Å²) in [7, 11) is -9.89. The minimum Gasteiger partial charge on any atom is -0.462 e. The van der Waals surface area contributed by atoms with Crippen LogP contribution in [0.5, 0.6) is 0 Å². The molecule has 0 aliphatic rings. The highest BCUT2D eigenvalue weighted by Gasteiger charge is 2.30. The molecule has 0 heterocycles. The summed E-state index contributed by atoms with van der Waals surface area (Å²) in [4.78, 5) is 72.3. The largest absolute Gasteiger partial charge is 0.472 e. The average Bonchev–Trinajstić information content (AvgIpc) is 3.70. The van der Waals surface area contributed by atoms with Crippen LogP contribution in [-0.4, -0.2) is 96.7 Å². The number of ether oxygens (including phenoxy) is 4. The molecule has 0 saturated heterocycles. The number of carbonyl (C=O) groups is 4. The fraction of sp³-hybridized carbons (Fsp3) is 0.943. The third-order valence-corrected chi connectivity index (χ3v) is 18.3. The van der Waals surface area contributed by atoms with Crippen molar-refractivity contribution in [3.05, 3.63) is 0 Å². The molecule has 0 aromatic carbocycles. The molecular weight excluding hydrogens is 1170 g/mol. The molecule has 0 saturated carbocycles. The Balaban J connectivity index is 5.12. The highest BCUT2D eigenvalue weighted by molar-refractivity contribution is 7.47. The van der Waals surface area contributed by atoms with E-state index in [1.54, 1.807) is 0 Å². The number of carbonyl (C=O) groups excluding carboxylic acids is 4. The van der Waals surface area contributed by atoms with Crippen LogP contribution >= 0.6 is 15.6 Å². The number of aliphatic hydroxyl groups is 1. The standard InChI is InChI=1S/C70H136O17P2/c1-5-9-13-17-21-24-27-28-29-30-31-32-33-34-35-36-38-41-45-49-53-57-70(75)87-66(61-81-68(73)55-51-47-43-40-37-25-22-18-14-10-6-2)63-85-89(78,79)83-59-64(71)58-82-88(76,77)84-62-65(60-80-67(72)54-50-46-42-20-16-12-8-4)86-69(74)56-52-48-44-39-26-23-19-15-11-7-3/h64-66,71H,5-63H2,1-4H3,(H,76,77)(H,78,79)/t64-,65+,66+/m0/s1. The van der Waals surface area contributed by atoms with Gasteiger partial charge in [-0.3, -0.25) is 37.3 Å². The summed E-state index contributed by atoms with van der Waals surface area (Å²) in [6, 6.07) is 0. The number of esters is 4. The predicted octanol–water partition coefficient (Wildman–Crippen LogP) is 20.3. The molecule has 3 N–H and O–H groups in total. The fourth-order valence-corrected chi connectivity index (χ4v) is 12.3. The van der Waals surface area contributed by atoms with Gasteiger partial charge in [0.15, 0.2) is 12.2 Å². The third-order valence-electron chi connectivity index (χ3n) is 16.4. The number of hydrogen-bond donors (Lipinski definition) is 3. The molecular formula is C70H136O17P2. The van der Waals surface area contributed by atoms with Gasteiger partial charge in [0.2, 0.25) is 0 Å². The number of phosphoric ester groups is 2. The maximum Gasteiger partial charge on any atom is 0.472 e. The maximum atomic E-state index is 13.0. The van der Waals surface area contributed by atoms with Gasteiger partial charge in [-0.1, -0.05) is 317 Å². The Bertz CT molecular complexity index is 1710. The Kier molecular flexibility index (Phi) is 63.3. The third kappa shape index (κ3) is 64.6. The lowest BCUT2D eigenvalue weighted by Gasteiger charge is -2.21. The number of aliphatic hydroxyl groups excluding tert-OH is 1. The summed E-state index contributed by atoms with van der Waals surface area (Å²) in [6.45, 7) is 4.88. The van der Waals surface area contributed by atoms with Crippen molar-refractivity contribution in [2.75, 3.05) is 39.6 Å². The highest BCUT2D eigenvalue weighted by Crippen LogP contribution is 2.45. The van der Waals surface area contributed by atoms with E-state index >= 15 is 0 Å². The van der Waals surface area contributed by atoms with Gasteiger partial charge in [-0.2, -0.15) is 0 Å². The molecule has 528 valence electrons. The van der Waals surface area contributed by atoms with Crippen molar-refractivity contribution in [2.24, 2.45) is 0 Å². The van der Waals surface area contributed by atoms with Gasteiger partial charge in [-0.15, -0.1) is 0 Å². The van der Waals surface area contributed by atoms with Gasteiger partial charge in [-0.25, -0.2) is 9.13 Å². The van der Waals surface area contributed by atoms with Crippen LogP contribution in [0.25, 0.3) is 0 Å². The lowest BCUT2D eigenvalue weighted by molar-refractivity contribution is -0.161. The molecule has 0 rings (SSSR count). The second kappa shape index (κ2) is 64.8. The molecule has 2 unspecified atom stereocenters. The van der Waals surface area contributed by atoms with Gasteiger partial charge in [0.05, 0.1) is 26.4 Å². The van der Waals surface area contributed by atoms with Gasteiger partial charge in [0.25, 0.3) is 0 Å². The minimum atomic E-state index is -4.95. The number of unbranched alkanes of at least 4 members (excludes halogenated alkanes) is 45. The molecule has 0 amide bonds. The predicted molar refractivity (Wildman–Crippen MR) is 359 cm³/mol. The first kappa shape index (κ1) is 87.1. The summed E-state index contributed by atoms with van der Waals surface area (Å²) < 4.78 is 68.1. The van der Waals surface area contributed by atoms with E-state index < -0.39 is 97.5 Å². The van der Waals surface area contributed by atoms with E-state index in [4.69, 9.17) is 37.0 Å². The summed E-state index contributed by atoms with van der Waals surface area (Å²) >= 11 is 0. The van der Waals surface area contributed by atoms with Crippen molar-refractivity contribution < 1.29 is 80.2 Å². The Morgan fingerprint density at radius 2 is 0.449 bits per heavy atom. The van der Waals surface area contributed by atoms with Gasteiger partial charge < -0.3 is 33.8 Å². The Labute approximate surface area is 543 Å². The lowest BCUT2D eigenvalue weighted by Crippen LogP contribution is -2.30. The molecule has 0 fully saturated rings. The molecule has 0 bridgehead atoms. The van der Waals surface area contributed by atoms with Crippen molar-refractivity contribution in [1.29, 1.82) is 0 Å². The molecule has 17 nitrogen and oxygen atoms in total. The molecule has 19 heteroatoms. The second-order valence-electron chi connectivity index (χ2n) is 25.3. The van der Waals surface area contributed by atoms with Crippen LogP contribution in [0.1, 0.15) is 368 Å². The van der Waals surface area contributed by atoms with Gasteiger partial charge in [0.1, 0.15) is 19.3 Å². The Hall–Kier alpha value is -1.94. The van der Waals surface area contributed by atoms with Crippen LogP contribution in [-0.2, 0) is 65.4 Å². The number of hydrogen-bond acceptors (Lipinski definition) is 15. The van der Waals surface area contributed by atoms with Crippen molar-refractivity contribution >= 4 is 39.5 Å². The van der Waals surface area contributed by atoms with Crippen LogP contribution in [0.3, 0.4) is 0 Å². The Morgan fingerprint density at radius 1 is 0.270 bits per heavy atom. The van der Waals surface area contributed by atoms with Gasteiger partial charge in [-0.05, 0) is 25.7 Å². The normalized spacial score (nSPS) is 14.0. The SMILES string of the molecule is CCCCCCCCCCCCCCCCCCCCCCCC(=O)O[C@H](COC(=O)CCCCCCCCCCCCC)COP(=O)(O)OC[C@@H](O)COP(=O)(O)OC[C@@H](COC(=O)CCCCCCCCC)OC(=O)CCCCCCCCCCCC. The van der Waals surface area contributed by atoms with E-state index in [9.17, 15) is 43.2 Å². The van der Waals surface area contributed by atoms with Crippen LogP contribution in [0.4, 0.5) is 0 Å². The molecule has 0 aliphatic heterocycles. The summed E-state index contributed by atoms with van der Waals surface area (Å²) in [5.41, 5.74) is 0. The molecule has 0 radical (unpaired) electrons. The zero-order valence-corrected chi connectivity index (χ0v) is 59.2. The van der Waals surface area contributed by atoms with Gasteiger partial charge >= 0.3 is 39.5 Å². The monoisotopic (exact) mass is 1310 g/mol. The Morgan fingerprint density at radius 3 is 0.663 bits per heavy atom. The van der Waals surface area contributed by atoms with Crippen molar-refractivity contribution in [1.82, 2.24) is 0 Å². The first-order valence-corrected chi connectivity index (χ1v) is 39.8. The maximum absolute atomic E-state index is 13.0. The van der Waals surface area contributed by atoms with E-state index in [1.807, 2.05) is 0 Å². The van der Waals surface area contributed by atoms with Crippen LogP contribution in [0, 0.1) is 0 Å².